The maximum absolute atomic E-state index is 13.1. The Morgan fingerprint density at radius 2 is 1.97 bits per heavy atom. The topological polar surface area (TPSA) is 78.5 Å². The molecule has 6 nitrogen and oxygen atoms in total. The minimum absolute atomic E-state index is 0.364. The minimum atomic E-state index is -1.18. The lowest BCUT2D eigenvalue weighted by Gasteiger charge is -2.23. The van der Waals surface area contributed by atoms with Crippen LogP contribution in [0.3, 0.4) is 0 Å². The van der Waals surface area contributed by atoms with Crippen LogP contribution >= 0.6 is 11.6 Å². The molecule has 1 unspecified atom stereocenters. The number of amides is 4. The van der Waals surface area contributed by atoms with E-state index in [1.54, 1.807) is 32.0 Å². The molecule has 2 aromatic rings. The largest absolute Gasteiger partial charge is 0.325 e. The third kappa shape index (κ3) is 3.38. The van der Waals surface area contributed by atoms with Crippen molar-refractivity contribution in [2.75, 3.05) is 11.9 Å². The highest BCUT2D eigenvalue weighted by Gasteiger charge is 2.49. The summed E-state index contributed by atoms with van der Waals surface area (Å²) in [5, 5.41) is 6.02. The number of nitrogens with one attached hydrogen (secondary N) is 2. The molecule has 4 rings (SSSR count). The van der Waals surface area contributed by atoms with Gasteiger partial charge < -0.3 is 10.6 Å². The van der Waals surface area contributed by atoms with Gasteiger partial charge in [-0.1, -0.05) is 35.9 Å². The Morgan fingerprint density at radius 1 is 1.21 bits per heavy atom. The van der Waals surface area contributed by atoms with E-state index in [0.717, 1.165) is 35.3 Å². The van der Waals surface area contributed by atoms with Gasteiger partial charge in [0.25, 0.3) is 5.91 Å². The number of imide groups is 1. The molecule has 1 heterocycles. The zero-order valence-electron chi connectivity index (χ0n) is 16.3. The summed E-state index contributed by atoms with van der Waals surface area (Å²) >= 11 is 6.08. The fourth-order valence-corrected chi connectivity index (χ4v) is 4.17. The molecular weight excluding hydrogens is 390 g/mol. The molecule has 1 aliphatic carbocycles. The summed E-state index contributed by atoms with van der Waals surface area (Å²) in [5.41, 5.74) is 3.35. The summed E-state index contributed by atoms with van der Waals surface area (Å²) < 4.78 is 0. The van der Waals surface area contributed by atoms with E-state index < -0.39 is 23.4 Å². The van der Waals surface area contributed by atoms with Crippen LogP contribution in [0.4, 0.5) is 10.5 Å². The first-order chi connectivity index (χ1) is 13.8. The van der Waals surface area contributed by atoms with Crippen LogP contribution < -0.4 is 10.6 Å². The molecule has 2 aliphatic rings. The number of halogens is 1. The highest BCUT2D eigenvalue weighted by Crippen LogP contribution is 2.32. The van der Waals surface area contributed by atoms with Crippen molar-refractivity contribution in [2.45, 2.75) is 38.6 Å². The molecule has 29 heavy (non-hydrogen) atoms. The van der Waals surface area contributed by atoms with E-state index in [0.29, 0.717) is 10.7 Å². The number of carbonyl (C=O) groups is 3. The summed E-state index contributed by atoms with van der Waals surface area (Å²) in [6.45, 7) is 3.11. The number of anilines is 1. The third-order valence-electron chi connectivity index (χ3n) is 5.79. The Kier molecular flexibility index (Phi) is 4.82. The number of aryl methyl sites for hydroxylation is 2. The van der Waals surface area contributed by atoms with Crippen LogP contribution in [0.15, 0.2) is 36.4 Å². The number of hydrogen-bond donors (Lipinski definition) is 2. The Bertz CT molecular complexity index is 1040. The molecular formula is C22H22ClN3O3. The number of urea groups is 1. The SMILES string of the molecule is Cc1c(Cl)cccc1NC(=O)CN1C(=O)NC(C)(c2ccc3c(c2)CCC3)C1=O. The Hall–Kier alpha value is -2.86. The van der Waals surface area contributed by atoms with Crippen molar-refractivity contribution in [3.63, 3.8) is 0 Å². The van der Waals surface area contributed by atoms with E-state index in [4.69, 9.17) is 11.6 Å². The third-order valence-corrected chi connectivity index (χ3v) is 6.20. The van der Waals surface area contributed by atoms with Crippen molar-refractivity contribution in [1.29, 1.82) is 0 Å². The zero-order valence-corrected chi connectivity index (χ0v) is 17.1. The quantitative estimate of drug-likeness (QED) is 0.755. The normalized spacial score (nSPS) is 20.6. The van der Waals surface area contributed by atoms with E-state index in [1.807, 2.05) is 18.2 Å². The Morgan fingerprint density at radius 3 is 2.76 bits per heavy atom. The van der Waals surface area contributed by atoms with Gasteiger partial charge in [-0.25, -0.2) is 4.79 Å². The van der Waals surface area contributed by atoms with Gasteiger partial charge in [0.15, 0.2) is 0 Å². The average molecular weight is 412 g/mol. The van der Waals surface area contributed by atoms with Gasteiger partial charge in [0.1, 0.15) is 12.1 Å². The molecule has 1 saturated heterocycles. The molecule has 2 aromatic carbocycles. The molecule has 1 atom stereocenters. The minimum Gasteiger partial charge on any atom is -0.324 e. The van der Waals surface area contributed by atoms with Gasteiger partial charge in [-0.15, -0.1) is 0 Å². The molecule has 150 valence electrons. The van der Waals surface area contributed by atoms with Crippen molar-refractivity contribution in [3.05, 3.63) is 63.7 Å². The number of hydrogen-bond acceptors (Lipinski definition) is 3. The molecule has 0 aromatic heterocycles. The molecule has 0 bridgehead atoms. The van der Waals surface area contributed by atoms with Gasteiger partial charge in [-0.05, 0) is 67.5 Å². The van der Waals surface area contributed by atoms with Crippen LogP contribution in [-0.2, 0) is 28.0 Å². The van der Waals surface area contributed by atoms with Crippen molar-refractivity contribution >= 4 is 35.1 Å². The molecule has 7 heteroatoms. The van der Waals surface area contributed by atoms with Gasteiger partial charge in [-0.2, -0.15) is 0 Å². The summed E-state index contributed by atoms with van der Waals surface area (Å²) in [7, 11) is 0. The molecule has 1 fully saturated rings. The second-order valence-electron chi connectivity index (χ2n) is 7.74. The lowest BCUT2D eigenvalue weighted by Crippen LogP contribution is -2.42. The average Bonchev–Trinajstić information content (AvgIpc) is 3.24. The van der Waals surface area contributed by atoms with Crippen LogP contribution in [0, 0.1) is 6.92 Å². The molecule has 0 spiro atoms. The van der Waals surface area contributed by atoms with Gasteiger partial charge >= 0.3 is 6.03 Å². The number of fused-ring (bicyclic) bond motifs is 1. The number of rotatable bonds is 4. The van der Waals surface area contributed by atoms with Crippen molar-refractivity contribution in [2.24, 2.45) is 0 Å². The highest BCUT2D eigenvalue weighted by atomic mass is 35.5. The lowest BCUT2D eigenvalue weighted by atomic mass is 9.89. The Balaban J connectivity index is 1.52. The summed E-state index contributed by atoms with van der Waals surface area (Å²) in [6, 6.07) is 10.5. The predicted octanol–water partition coefficient (Wildman–Crippen LogP) is 3.54. The molecule has 2 N–H and O–H groups in total. The molecule has 0 radical (unpaired) electrons. The van der Waals surface area contributed by atoms with Crippen LogP contribution in [0.5, 0.6) is 0 Å². The maximum Gasteiger partial charge on any atom is 0.325 e. The van der Waals surface area contributed by atoms with Crippen LogP contribution in [0.25, 0.3) is 0 Å². The fourth-order valence-electron chi connectivity index (χ4n) is 4.00. The van der Waals surface area contributed by atoms with E-state index in [-0.39, 0.29) is 6.54 Å². The fraction of sp³-hybridized carbons (Fsp3) is 0.318. The van der Waals surface area contributed by atoms with E-state index >= 15 is 0 Å². The zero-order chi connectivity index (χ0) is 20.8. The van der Waals surface area contributed by atoms with Crippen molar-refractivity contribution < 1.29 is 14.4 Å². The second-order valence-corrected chi connectivity index (χ2v) is 8.15. The van der Waals surface area contributed by atoms with E-state index in [1.165, 1.54) is 11.1 Å². The maximum atomic E-state index is 13.1. The van der Waals surface area contributed by atoms with E-state index in [2.05, 4.69) is 10.6 Å². The number of benzene rings is 2. The highest BCUT2D eigenvalue weighted by molar-refractivity contribution is 6.31. The first kappa shape index (κ1) is 19.5. The first-order valence-electron chi connectivity index (χ1n) is 9.61. The second kappa shape index (κ2) is 7.19. The number of carbonyl (C=O) groups excluding carboxylic acids is 3. The summed E-state index contributed by atoms with van der Waals surface area (Å²) in [6.07, 6.45) is 3.12. The van der Waals surface area contributed by atoms with Gasteiger partial charge in [0.05, 0.1) is 0 Å². The smallest absolute Gasteiger partial charge is 0.324 e. The monoisotopic (exact) mass is 411 g/mol. The molecule has 0 saturated carbocycles. The standard InChI is InChI=1S/C22H22ClN3O3/c1-13-17(23)7-4-8-18(13)24-19(27)12-26-20(28)22(2,25-21(26)29)16-10-9-14-5-3-6-15(14)11-16/h4,7-11H,3,5-6,12H2,1-2H3,(H,24,27)(H,25,29). The summed E-state index contributed by atoms with van der Waals surface area (Å²) in [5.74, 6) is -0.893. The van der Waals surface area contributed by atoms with Crippen LogP contribution in [-0.4, -0.2) is 29.3 Å². The van der Waals surface area contributed by atoms with Crippen molar-refractivity contribution in [1.82, 2.24) is 10.2 Å². The van der Waals surface area contributed by atoms with Crippen LogP contribution in [0.2, 0.25) is 5.02 Å². The van der Waals surface area contributed by atoms with Crippen molar-refractivity contribution in [3.8, 4) is 0 Å². The van der Waals surface area contributed by atoms with E-state index in [9.17, 15) is 14.4 Å². The summed E-state index contributed by atoms with van der Waals surface area (Å²) in [4.78, 5) is 39.1. The van der Waals surface area contributed by atoms with Gasteiger partial charge in [0.2, 0.25) is 5.91 Å². The molecule has 4 amide bonds. The lowest BCUT2D eigenvalue weighted by molar-refractivity contribution is -0.133. The van der Waals surface area contributed by atoms with Gasteiger partial charge in [-0.3, -0.25) is 14.5 Å². The first-order valence-corrected chi connectivity index (χ1v) is 9.99. The number of nitrogens with zero attached hydrogens (tertiary/aromatic N) is 1. The van der Waals surface area contributed by atoms with Gasteiger partial charge in [0, 0.05) is 10.7 Å². The van der Waals surface area contributed by atoms with Crippen LogP contribution in [0.1, 0.15) is 35.6 Å². The molecule has 1 aliphatic heterocycles. The predicted molar refractivity (Wildman–Crippen MR) is 111 cm³/mol. The Labute approximate surface area is 174 Å².